The maximum Gasteiger partial charge on any atom is 0.238 e. The van der Waals surface area contributed by atoms with E-state index >= 15 is 0 Å². The number of rotatable bonds is 5. The van der Waals surface area contributed by atoms with Crippen LogP contribution in [0.4, 0.5) is 5.69 Å². The summed E-state index contributed by atoms with van der Waals surface area (Å²) in [6.07, 6.45) is 2.29. The molecule has 0 spiro atoms. The van der Waals surface area contributed by atoms with E-state index in [9.17, 15) is 4.79 Å². The average molecular weight is 245 g/mol. The van der Waals surface area contributed by atoms with Gasteiger partial charge in [-0.2, -0.15) is 5.26 Å². The fourth-order valence-corrected chi connectivity index (χ4v) is 1.58. The van der Waals surface area contributed by atoms with Gasteiger partial charge in [0, 0.05) is 12.1 Å². The molecule has 2 N–H and O–H groups in total. The van der Waals surface area contributed by atoms with Crippen LogP contribution in [-0.2, 0) is 4.79 Å². The van der Waals surface area contributed by atoms with E-state index < -0.39 is 0 Å². The number of carbonyl (C=O) groups excluding carboxylic acids is 1. The van der Waals surface area contributed by atoms with E-state index in [1.54, 1.807) is 18.2 Å². The molecule has 0 heterocycles. The molecule has 0 unspecified atom stereocenters. The molecular weight excluding hydrogens is 230 g/mol. The summed E-state index contributed by atoms with van der Waals surface area (Å²) < 4.78 is 5.14. The van der Waals surface area contributed by atoms with Crippen molar-refractivity contribution in [3.8, 4) is 11.8 Å². The largest absolute Gasteiger partial charge is 0.495 e. The van der Waals surface area contributed by atoms with E-state index in [2.05, 4.69) is 10.6 Å². The lowest BCUT2D eigenvalue weighted by Crippen LogP contribution is -2.29. The normalized spacial score (nSPS) is 13.8. The number of anilines is 1. The molecule has 94 valence electrons. The van der Waals surface area contributed by atoms with Gasteiger partial charge in [0.25, 0.3) is 0 Å². The first-order chi connectivity index (χ1) is 8.72. The molecule has 0 aromatic heterocycles. The third kappa shape index (κ3) is 3.22. The molecule has 0 aliphatic heterocycles. The molecule has 5 nitrogen and oxygen atoms in total. The third-order valence-corrected chi connectivity index (χ3v) is 2.73. The van der Waals surface area contributed by atoms with Gasteiger partial charge in [-0.25, -0.2) is 0 Å². The average Bonchev–Trinajstić information content (AvgIpc) is 3.21. The van der Waals surface area contributed by atoms with E-state index in [1.165, 1.54) is 7.11 Å². The summed E-state index contributed by atoms with van der Waals surface area (Å²) in [5.74, 6) is 0.388. The second kappa shape index (κ2) is 5.52. The molecule has 1 aromatic carbocycles. The zero-order chi connectivity index (χ0) is 13.0. The Kier molecular flexibility index (Phi) is 3.80. The molecule has 0 radical (unpaired) electrons. The van der Waals surface area contributed by atoms with Crippen molar-refractivity contribution in [2.75, 3.05) is 19.0 Å². The number of carbonyl (C=O) groups is 1. The Morgan fingerprint density at radius 1 is 1.56 bits per heavy atom. The minimum absolute atomic E-state index is 0.107. The molecule has 18 heavy (non-hydrogen) atoms. The minimum Gasteiger partial charge on any atom is -0.495 e. The van der Waals surface area contributed by atoms with Crippen LogP contribution >= 0.6 is 0 Å². The predicted molar refractivity (Wildman–Crippen MR) is 67.4 cm³/mol. The standard InChI is InChI=1S/C13H15N3O2/c1-18-12-6-9(7-14)2-5-11(12)16-13(17)8-15-10-3-4-10/h2,5-6,10,15H,3-4,8H2,1H3,(H,16,17). The van der Waals surface area contributed by atoms with Crippen LogP contribution < -0.4 is 15.4 Å². The van der Waals surface area contributed by atoms with Crippen molar-refractivity contribution < 1.29 is 9.53 Å². The third-order valence-electron chi connectivity index (χ3n) is 2.73. The van der Waals surface area contributed by atoms with Crippen LogP contribution in [0.2, 0.25) is 0 Å². The number of hydrogen-bond donors (Lipinski definition) is 2. The zero-order valence-corrected chi connectivity index (χ0v) is 10.2. The van der Waals surface area contributed by atoms with Crippen molar-refractivity contribution >= 4 is 11.6 Å². The first-order valence-corrected chi connectivity index (χ1v) is 5.84. The lowest BCUT2D eigenvalue weighted by atomic mass is 10.2. The van der Waals surface area contributed by atoms with Gasteiger partial charge in [0.1, 0.15) is 5.75 Å². The summed E-state index contributed by atoms with van der Waals surface area (Å²) in [5.41, 5.74) is 1.08. The van der Waals surface area contributed by atoms with Crippen molar-refractivity contribution in [3.05, 3.63) is 23.8 Å². The molecule has 1 fully saturated rings. The quantitative estimate of drug-likeness (QED) is 0.819. The van der Waals surface area contributed by atoms with E-state index in [4.69, 9.17) is 10.00 Å². The Labute approximate surface area is 106 Å². The van der Waals surface area contributed by atoms with Crippen molar-refractivity contribution in [2.24, 2.45) is 0 Å². The van der Waals surface area contributed by atoms with Gasteiger partial charge in [-0.05, 0) is 25.0 Å². The first-order valence-electron chi connectivity index (χ1n) is 5.84. The topological polar surface area (TPSA) is 74.1 Å². The van der Waals surface area contributed by atoms with Gasteiger partial charge in [-0.3, -0.25) is 4.79 Å². The first kappa shape index (κ1) is 12.4. The van der Waals surface area contributed by atoms with Crippen molar-refractivity contribution in [1.29, 1.82) is 5.26 Å². The second-order valence-electron chi connectivity index (χ2n) is 4.23. The zero-order valence-electron chi connectivity index (χ0n) is 10.2. The summed E-state index contributed by atoms with van der Waals surface area (Å²) in [6, 6.07) is 7.44. The number of amides is 1. The number of ether oxygens (including phenoxy) is 1. The molecule has 0 atom stereocenters. The lowest BCUT2D eigenvalue weighted by Gasteiger charge is -2.10. The molecular formula is C13H15N3O2. The van der Waals surface area contributed by atoms with Gasteiger partial charge in [-0.1, -0.05) is 0 Å². The Balaban J connectivity index is 1.98. The van der Waals surface area contributed by atoms with Crippen molar-refractivity contribution in [2.45, 2.75) is 18.9 Å². The second-order valence-corrected chi connectivity index (χ2v) is 4.23. The minimum atomic E-state index is -0.107. The van der Waals surface area contributed by atoms with Crippen LogP contribution in [-0.4, -0.2) is 25.6 Å². The highest BCUT2D eigenvalue weighted by Crippen LogP contribution is 2.25. The highest BCUT2D eigenvalue weighted by atomic mass is 16.5. The van der Waals surface area contributed by atoms with Gasteiger partial charge in [0.15, 0.2) is 0 Å². The van der Waals surface area contributed by atoms with Crippen molar-refractivity contribution in [1.82, 2.24) is 5.32 Å². The molecule has 5 heteroatoms. The van der Waals surface area contributed by atoms with Gasteiger partial charge < -0.3 is 15.4 Å². The lowest BCUT2D eigenvalue weighted by molar-refractivity contribution is -0.115. The number of benzene rings is 1. The molecule has 1 saturated carbocycles. The summed E-state index contributed by atoms with van der Waals surface area (Å²) in [6.45, 7) is 0.299. The Morgan fingerprint density at radius 2 is 2.33 bits per heavy atom. The Morgan fingerprint density at radius 3 is 2.94 bits per heavy atom. The SMILES string of the molecule is COc1cc(C#N)ccc1NC(=O)CNC1CC1. The number of hydrogen-bond acceptors (Lipinski definition) is 4. The number of nitriles is 1. The number of methoxy groups -OCH3 is 1. The molecule has 0 saturated heterocycles. The van der Waals surface area contributed by atoms with E-state index in [0.717, 1.165) is 12.8 Å². The maximum absolute atomic E-state index is 11.7. The highest BCUT2D eigenvalue weighted by molar-refractivity contribution is 5.93. The molecule has 0 bridgehead atoms. The Hall–Kier alpha value is -2.06. The van der Waals surface area contributed by atoms with Crippen LogP contribution in [0.1, 0.15) is 18.4 Å². The van der Waals surface area contributed by atoms with Crippen LogP contribution in [0, 0.1) is 11.3 Å². The maximum atomic E-state index is 11.7. The fraction of sp³-hybridized carbons (Fsp3) is 0.385. The smallest absolute Gasteiger partial charge is 0.238 e. The fourth-order valence-electron chi connectivity index (χ4n) is 1.58. The predicted octanol–water partition coefficient (Wildman–Crippen LogP) is 1.26. The van der Waals surface area contributed by atoms with E-state index in [-0.39, 0.29) is 5.91 Å². The van der Waals surface area contributed by atoms with Crippen molar-refractivity contribution in [3.63, 3.8) is 0 Å². The molecule has 1 amide bonds. The van der Waals surface area contributed by atoms with Gasteiger partial charge in [-0.15, -0.1) is 0 Å². The van der Waals surface area contributed by atoms with Gasteiger partial charge in [0.05, 0.1) is 31.0 Å². The highest BCUT2D eigenvalue weighted by Gasteiger charge is 2.21. The molecule has 1 aliphatic rings. The summed E-state index contributed by atoms with van der Waals surface area (Å²) >= 11 is 0. The molecule has 2 rings (SSSR count). The summed E-state index contributed by atoms with van der Waals surface area (Å²) in [7, 11) is 1.51. The van der Waals surface area contributed by atoms with Crippen LogP contribution in [0.5, 0.6) is 5.75 Å². The molecule has 1 aromatic rings. The van der Waals surface area contributed by atoms with Gasteiger partial charge in [0.2, 0.25) is 5.91 Å². The van der Waals surface area contributed by atoms with Crippen LogP contribution in [0.15, 0.2) is 18.2 Å². The number of nitrogens with one attached hydrogen (secondary N) is 2. The molecule has 1 aliphatic carbocycles. The van der Waals surface area contributed by atoms with Crippen LogP contribution in [0.25, 0.3) is 0 Å². The summed E-state index contributed by atoms with van der Waals surface area (Å²) in [5, 5.41) is 14.7. The number of nitrogens with zero attached hydrogens (tertiary/aromatic N) is 1. The summed E-state index contributed by atoms with van der Waals surface area (Å²) in [4.78, 5) is 11.7. The van der Waals surface area contributed by atoms with E-state index in [1.807, 2.05) is 6.07 Å². The van der Waals surface area contributed by atoms with E-state index in [0.29, 0.717) is 29.6 Å². The van der Waals surface area contributed by atoms with Crippen LogP contribution in [0.3, 0.4) is 0 Å². The van der Waals surface area contributed by atoms with Gasteiger partial charge >= 0.3 is 0 Å². The monoisotopic (exact) mass is 245 g/mol. The Bertz CT molecular complexity index is 489.